The summed E-state index contributed by atoms with van der Waals surface area (Å²) in [4.78, 5) is 0. The fraction of sp³-hybridized carbons (Fsp3) is 1.00. The fourth-order valence-corrected chi connectivity index (χ4v) is 4.82. The SMILES string of the molecule is IC[C@@H]1CC[C@]2(CCCC3(C2)OCCO3)C1. The molecule has 0 aromatic carbocycles. The lowest BCUT2D eigenvalue weighted by Gasteiger charge is -2.43. The highest BCUT2D eigenvalue weighted by atomic mass is 127. The topological polar surface area (TPSA) is 18.5 Å². The molecule has 0 aromatic rings. The molecule has 2 aliphatic carbocycles. The van der Waals surface area contributed by atoms with Crippen molar-refractivity contribution in [2.75, 3.05) is 17.6 Å². The van der Waals surface area contributed by atoms with Gasteiger partial charge < -0.3 is 9.47 Å². The zero-order chi connectivity index (χ0) is 11.1. The van der Waals surface area contributed by atoms with E-state index in [9.17, 15) is 0 Å². The second-order valence-corrected chi connectivity index (χ2v) is 6.78. The van der Waals surface area contributed by atoms with Gasteiger partial charge in [-0.05, 0) is 43.4 Å². The second kappa shape index (κ2) is 4.39. The van der Waals surface area contributed by atoms with Crippen LogP contribution in [-0.4, -0.2) is 23.4 Å². The number of hydrogen-bond donors (Lipinski definition) is 0. The summed E-state index contributed by atoms with van der Waals surface area (Å²) in [6.07, 6.45) is 9.28. The Hall–Kier alpha value is 0.650. The Morgan fingerprint density at radius 2 is 1.94 bits per heavy atom. The average molecular weight is 336 g/mol. The maximum atomic E-state index is 5.91. The highest BCUT2D eigenvalue weighted by Gasteiger charge is 2.50. The van der Waals surface area contributed by atoms with Crippen LogP contribution in [0.5, 0.6) is 0 Å². The van der Waals surface area contributed by atoms with E-state index in [2.05, 4.69) is 22.6 Å². The predicted molar refractivity (Wildman–Crippen MR) is 71.8 cm³/mol. The number of alkyl halides is 1. The Kier molecular flexibility index (Phi) is 3.22. The summed E-state index contributed by atoms with van der Waals surface area (Å²) in [5, 5.41) is 0. The summed E-state index contributed by atoms with van der Waals surface area (Å²) < 4.78 is 13.2. The minimum absolute atomic E-state index is 0.168. The average Bonchev–Trinajstić information content (AvgIpc) is 2.87. The van der Waals surface area contributed by atoms with Gasteiger partial charge in [0, 0.05) is 17.3 Å². The van der Waals surface area contributed by atoms with E-state index in [-0.39, 0.29) is 5.79 Å². The van der Waals surface area contributed by atoms with Gasteiger partial charge in [0.05, 0.1) is 13.2 Å². The van der Waals surface area contributed by atoms with Crippen molar-refractivity contribution in [3.05, 3.63) is 0 Å². The molecule has 3 rings (SSSR count). The van der Waals surface area contributed by atoms with Crippen LogP contribution in [0.4, 0.5) is 0 Å². The molecule has 3 aliphatic rings. The van der Waals surface area contributed by atoms with Gasteiger partial charge in [-0.1, -0.05) is 22.6 Å². The van der Waals surface area contributed by atoms with Gasteiger partial charge in [0.15, 0.2) is 5.79 Å². The van der Waals surface area contributed by atoms with E-state index < -0.39 is 0 Å². The molecule has 1 aliphatic heterocycles. The molecule has 3 heteroatoms. The van der Waals surface area contributed by atoms with Crippen molar-refractivity contribution in [3.63, 3.8) is 0 Å². The molecule has 2 spiro atoms. The Balaban J connectivity index is 1.72. The van der Waals surface area contributed by atoms with Gasteiger partial charge in [-0.15, -0.1) is 0 Å². The zero-order valence-corrected chi connectivity index (χ0v) is 12.0. The molecule has 1 saturated heterocycles. The molecule has 2 atom stereocenters. The van der Waals surface area contributed by atoms with Crippen molar-refractivity contribution in [2.45, 2.75) is 50.7 Å². The lowest BCUT2D eigenvalue weighted by molar-refractivity contribution is -0.201. The van der Waals surface area contributed by atoms with E-state index in [1.165, 1.54) is 43.0 Å². The van der Waals surface area contributed by atoms with Crippen LogP contribution in [0.1, 0.15) is 44.9 Å². The lowest BCUT2D eigenvalue weighted by atomic mass is 9.70. The summed E-state index contributed by atoms with van der Waals surface area (Å²) in [7, 11) is 0. The number of ether oxygens (including phenoxy) is 2. The molecule has 0 unspecified atom stereocenters. The molecule has 0 aromatic heterocycles. The van der Waals surface area contributed by atoms with E-state index in [0.29, 0.717) is 5.41 Å². The summed E-state index contributed by atoms with van der Waals surface area (Å²) in [6.45, 7) is 1.62. The third-order valence-corrected chi connectivity index (χ3v) is 5.99. The molecular weight excluding hydrogens is 315 g/mol. The van der Waals surface area contributed by atoms with E-state index in [1.54, 1.807) is 0 Å². The van der Waals surface area contributed by atoms with Crippen molar-refractivity contribution in [1.29, 1.82) is 0 Å². The molecule has 0 bridgehead atoms. The number of hydrogen-bond acceptors (Lipinski definition) is 2. The fourth-order valence-electron chi connectivity index (χ4n) is 4.07. The maximum Gasteiger partial charge on any atom is 0.169 e. The zero-order valence-electron chi connectivity index (χ0n) is 9.84. The first kappa shape index (κ1) is 11.7. The van der Waals surface area contributed by atoms with Gasteiger partial charge in [-0.25, -0.2) is 0 Å². The largest absolute Gasteiger partial charge is 0.348 e. The summed E-state index contributed by atoms with van der Waals surface area (Å²) in [5.74, 6) is 0.787. The molecule has 3 fully saturated rings. The van der Waals surface area contributed by atoms with E-state index >= 15 is 0 Å². The minimum Gasteiger partial charge on any atom is -0.348 e. The van der Waals surface area contributed by atoms with Gasteiger partial charge in [-0.3, -0.25) is 0 Å². The molecule has 1 heterocycles. The summed E-state index contributed by atoms with van der Waals surface area (Å²) in [5.41, 5.74) is 0.568. The standard InChI is InChI=1S/C13H21IO2/c14-9-11-2-5-12(8-11)3-1-4-13(10-12)15-6-7-16-13/h11H,1-10H2/t11-,12-/m1/s1. The van der Waals surface area contributed by atoms with Crippen molar-refractivity contribution in [3.8, 4) is 0 Å². The van der Waals surface area contributed by atoms with Crippen molar-refractivity contribution in [1.82, 2.24) is 0 Å². The third-order valence-electron chi connectivity index (χ3n) is 4.75. The van der Waals surface area contributed by atoms with Crippen molar-refractivity contribution < 1.29 is 9.47 Å². The third kappa shape index (κ3) is 2.03. The first-order chi connectivity index (χ1) is 7.76. The van der Waals surface area contributed by atoms with E-state index in [1.807, 2.05) is 0 Å². The van der Waals surface area contributed by atoms with Crippen LogP contribution < -0.4 is 0 Å². The molecule has 16 heavy (non-hydrogen) atoms. The van der Waals surface area contributed by atoms with Crippen LogP contribution in [0.2, 0.25) is 0 Å². The molecular formula is C13H21IO2. The van der Waals surface area contributed by atoms with Crippen molar-refractivity contribution in [2.24, 2.45) is 11.3 Å². The van der Waals surface area contributed by atoms with Crippen molar-refractivity contribution >= 4 is 22.6 Å². The molecule has 0 amide bonds. The smallest absolute Gasteiger partial charge is 0.169 e. The lowest BCUT2D eigenvalue weighted by Crippen LogP contribution is -2.41. The molecule has 0 N–H and O–H groups in total. The second-order valence-electron chi connectivity index (χ2n) is 5.90. The molecule has 92 valence electrons. The van der Waals surface area contributed by atoms with Gasteiger partial charge in [0.2, 0.25) is 0 Å². The van der Waals surface area contributed by atoms with Gasteiger partial charge in [-0.2, -0.15) is 0 Å². The van der Waals surface area contributed by atoms with Crippen LogP contribution in [0.15, 0.2) is 0 Å². The Labute approximate surface area is 112 Å². The Morgan fingerprint density at radius 3 is 2.62 bits per heavy atom. The normalized spacial score (nSPS) is 42.2. The monoisotopic (exact) mass is 336 g/mol. The number of rotatable bonds is 1. The highest BCUT2D eigenvalue weighted by Crippen LogP contribution is 2.55. The van der Waals surface area contributed by atoms with Crippen LogP contribution >= 0.6 is 22.6 Å². The maximum absolute atomic E-state index is 5.91. The Morgan fingerprint density at radius 1 is 1.12 bits per heavy atom. The van der Waals surface area contributed by atoms with E-state index in [4.69, 9.17) is 9.47 Å². The summed E-state index contributed by atoms with van der Waals surface area (Å²) >= 11 is 2.55. The Bertz CT molecular complexity index is 263. The first-order valence-corrected chi connectivity index (χ1v) is 8.12. The highest BCUT2D eigenvalue weighted by molar-refractivity contribution is 14.1. The number of halogens is 1. The predicted octanol–water partition coefficient (Wildman–Crippen LogP) is 3.53. The quantitative estimate of drug-likeness (QED) is 0.539. The van der Waals surface area contributed by atoms with Gasteiger partial charge >= 0.3 is 0 Å². The molecule has 0 radical (unpaired) electrons. The van der Waals surface area contributed by atoms with Crippen LogP contribution in [-0.2, 0) is 9.47 Å². The van der Waals surface area contributed by atoms with Gasteiger partial charge in [0.25, 0.3) is 0 Å². The van der Waals surface area contributed by atoms with Gasteiger partial charge in [0.1, 0.15) is 0 Å². The van der Waals surface area contributed by atoms with E-state index in [0.717, 1.165) is 25.6 Å². The van der Waals surface area contributed by atoms with Crippen LogP contribution in [0.3, 0.4) is 0 Å². The molecule has 2 nitrogen and oxygen atoms in total. The minimum atomic E-state index is -0.168. The summed E-state index contributed by atoms with van der Waals surface area (Å²) in [6, 6.07) is 0. The first-order valence-electron chi connectivity index (χ1n) is 6.60. The van der Waals surface area contributed by atoms with Crippen LogP contribution in [0.25, 0.3) is 0 Å². The van der Waals surface area contributed by atoms with Crippen LogP contribution in [0, 0.1) is 11.3 Å². The molecule has 2 saturated carbocycles.